The second-order valence-corrected chi connectivity index (χ2v) is 6.48. The molecule has 0 radical (unpaired) electrons. The van der Waals surface area contributed by atoms with Crippen molar-refractivity contribution in [2.45, 2.75) is 38.0 Å². The lowest BCUT2D eigenvalue weighted by Gasteiger charge is -2.33. The quantitative estimate of drug-likeness (QED) is 0.782. The standard InChI is InChI=1S/C17H24N6O/c1-3-23-10-11(8-20-23)14-7-13-16(9-19-14)21-22-17(13)15-6-12(24-2)4-5-18-15/h4-6,8,10,13-14,16-17,19,21-22H,3,7,9H2,1-2H3. The predicted molar refractivity (Wildman–Crippen MR) is 90.3 cm³/mol. The molecule has 0 saturated carbocycles. The van der Waals surface area contributed by atoms with Crippen molar-refractivity contribution in [3.05, 3.63) is 42.0 Å². The zero-order valence-electron chi connectivity index (χ0n) is 14.1. The van der Waals surface area contributed by atoms with Crippen LogP contribution in [0.25, 0.3) is 0 Å². The maximum Gasteiger partial charge on any atom is 0.122 e. The second kappa shape index (κ2) is 6.51. The lowest BCUT2D eigenvalue weighted by molar-refractivity contribution is 0.265. The van der Waals surface area contributed by atoms with E-state index in [0.717, 1.165) is 31.0 Å². The monoisotopic (exact) mass is 328 g/mol. The number of piperidine rings is 1. The SMILES string of the molecule is CCn1cc(C2CC3C(CN2)NNC3c2cc(OC)ccn2)cn1. The highest BCUT2D eigenvalue weighted by Crippen LogP contribution is 2.38. The Hall–Kier alpha value is -1.96. The molecule has 4 heterocycles. The highest BCUT2D eigenvalue weighted by Gasteiger charge is 2.42. The highest BCUT2D eigenvalue weighted by molar-refractivity contribution is 5.26. The third kappa shape index (κ3) is 2.79. The molecule has 0 bridgehead atoms. The third-order valence-electron chi connectivity index (χ3n) is 5.15. The van der Waals surface area contributed by atoms with Gasteiger partial charge in [0.05, 0.1) is 25.0 Å². The molecule has 2 aromatic rings. The van der Waals surface area contributed by atoms with Crippen molar-refractivity contribution >= 4 is 0 Å². The zero-order chi connectivity index (χ0) is 16.5. The van der Waals surface area contributed by atoms with Gasteiger partial charge in [-0.25, -0.2) is 5.43 Å². The largest absolute Gasteiger partial charge is 0.497 e. The Morgan fingerprint density at radius 1 is 1.38 bits per heavy atom. The first-order valence-electron chi connectivity index (χ1n) is 8.55. The second-order valence-electron chi connectivity index (χ2n) is 6.48. The molecule has 2 saturated heterocycles. The molecule has 4 atom stereocenters. The van der Waals surface area contributed by atoms with Gasteiger partial charge in [-0.05, 0) is 19.4 Å². The number of pyridine rings is 1. The van der Waals surface area contributed by atoms with Crippen LogP contribution in [0.1, 0.15) is 36.7 Å². The minimum absolute atomic E-state index is 0.191. The van der Waals surface area contributed by atoms with Crippen LogP contribution in [0.4, 0.5) is 0 Å². The first-order valence-corrected chi connectivity index (χ1v) is 8.55. The summed E-state index contributed by atoms with van der Waals surface area (Å²) in [6.07, 6.45) is 6.99. The highest BCUT2D eigenvalue weighted by atomic mass is 16.5. The number of hydrogen-bond donors (Lipinski definition) is 3. The predicted octanol–water partition coefficient (Wildman–Crippen LogP) is 1.17. The van der Waals surface area contributed by atoms with E-state index >= 15 is 0 Å². The number of aromatic nitrogens is 3. The Labute approximate surface area is 141 Å². The van der Waals surface area contributed by atoms with Gasteiger partial charge in [0.25, 0.3) is 0 Å². The van der Waals surface area contributed by atoms with E-state index in [-0.39, 0.29) is 6.04 Å². The van der Waals surface area contributed by atoms with Crippen LogP contribution in [-0.2, 0) is 6.54 Å². The fourth-order valence-corrected chi connectivity index (χ4v) is 3.78. The van der Waals surface area contributed by atoms with Crippen LogP contribution in [0, 0.1) is 5.92 Å². The number of nitrogens with zero attached hydrogens (tertiary/aromatic N) is 3. The molecule has 4 rings (SSSR count). The van der Waals surface area contributed by atoms with Crippen molar-refractivity contribution in [1.29, 1.82) is 0 Å². The summed E-state index contributed by atoms with van der Waals surface area (Å²) in [6, 6.07) is 4.83. The Kier molecular flexibility index (Phi) is 4.22. The maximum atomic E-state index is 5.34. The van der Waals surface area contributed by atoms with E-state index in [9.17, 15) is 0 Å². The van der Waals surface area contributed by atoms with Gasteiger partial charge in [-0.2, -0.15) is 5.10 Å². The van der Waals surface area contributed by atoms with Crippen LogP contribution in [0.2, 0.25) is 0 Å². The molecule has 4 unspecified atom stereocenters. The molecule has 2 fully saturated rings. The van der Waals surface area contributed by atoms with Gasteiger partial charge >= 0.3 is 0 Å². The van der Waals surface area contributed by atoms with Crippen molar-refractivity contribution in [1.82, 2.24) is 30.9 Å². The number of hydrogen-bond acceptors (Lipinski definition) is 6. The van der Waals surface area contributed by atoms with Gasteiger partial charge in [-0.15, -0.1) is 0 Å². The number of nitrogens with one attached hydrogen (secondary N) is 3. The molecule has 24 heavy (non-hydrogen) atoms. The van der Waals surface area contributed by atoms with Crippen molar-refractivity contribution in [3.8, 4) is 5.75 Å². The molecule has 0 spiro atoms. The minimum Gasteiger partial charge on any atom is -0.497 e. The van der Waals surface area contributed by atoms with Gasteiger partial charge in [-0.1, -0.05) is 0 Å². The number of ether oxygens (including phenoxy) is 1. The summed E-state index contributed by atoms with van der Waals surface area (Å²) in [6.45, 7) is 3.94. The molecule has 0 aromatic carbocycles. The minimum atomic E-state index is 0.191. The zero-order valence-corrected chi connectivity index (χ0v) is 14.1. The van der Waals surface area contributed by atoms with Crippen LogP contribution >= 0.6 is 0 Å². The lowest BCUT2D eigenvalue weighted by atomic mass is 9.82. The summed E-state index contributed by atoms with van der Waals surface area (Å²) in [5, 5.41) is 8.05. The Bertz CT molecular complexity index is 702. The first kappa shape index (κ1) is 15.6. The van der Waals surface area contributed by atoms with Crippen LogP contribution < -0.4 is 20.9 Å². The van der Waals surface area contributed by atoms with Crippen LogP contribution in [-0.4, -0.2) is 34.5 Å². The van der Waals surface area contributed by atoms with E-state index in [1.165, 1.54) is 5.56 Å². The van der Waals surface area contributed by atoms with E-state index in [1.54, 1.807) is 7.11 Å². The Morgan fingerprint density at radius 2 is 2.29 bits per heavy atom. The molecule has 0 amide bonds. The van der Waals surface area contributed by atoms with E-state index in [0.29, 0.717) is 18.0 Å². The third-order valence-corrected chi connectivity index (χ3v) is 5.15. The normalized spacial score (nSPS) is 29.4. The summed E-state index contributed by atoms with van der Waals surface area (Å²) < 4.78 is 7.33. The molecule has 0 aliphatic carbocycles. The van der Waals surface area contributed by atoms with Crippen LogP contribution in [0.15, 0.2) is 30.7 Å². The van der Waals surface area contributed by atoms with Gasteiger partial charge in [-0.3, -0.25) is 15.1 Å². The first-order chi connectivity index (χ1) is 11.8. The Balaban J connectivity index is 1.54. The van der Waals surface area contributed by atoms with E-state index < -0.39 is 0 Å². The van der Waals surface area contributed by atoms with Crippen molar-refractivity contribution in [2.75, 3.05) is 13.7 Å². The summed E-state index contributed by atoms with van der Waals surface area (Å²) >= 11 is 0. The molecule has 2 aliphatic rings. The summed E-state index contributed by atoms with van der Waals surface area (Å²) in [4.78, 5) is 4.56. The number of methoxy groups -OCH3 is 1. The smallest absolute Gasteiger partial charge is 0.122 e. The van der Waals surface area contributed by atoms with Crippen LogP contribution in [0.3, 0.4) is 0 Å². The molecule has 3 N–H and O–H groups in total. The van der Waals surface area contributed by atoms with Gasteiger partial charge in [0, 0.05) is 55.1 Å². The number of aryl methyl sites for hydroxylation is 1. The molecular weight excluding hydrogens is 304 g/mol. The molecule has 7 heteroatoms. The fourth-order valence-electron chi connectivity index (χ4n) is 3.78. The molecular formula is C17H24N6O. The topological polar surface area (TPSA) is 76.0 Å². The van der Waals surface area contributed by atoms with Gasteiger partial charge in [0.2, 0.25) is 0 Å². The van der Waals surface area contributed by atoms with E-state index in [4.69, 9.17) is 4.74 Å². The van der Waals surface area contributed by atoms with Crippen LogP contribution in [0.5, 0.6) is 5.75 Å². The Morgan fingerprint density at radius 3 is 3.08 bits per heavy atom. The van der Waals surface area contributed by atoms with Crippen molar-refractivity contribution < 1.29 is 4.74 Å². The number of rotatable bonds is 4. The molecule has 2 aromatic heterocycles. The van der Waals surface area contributed by atoms with Gasteiger partial charge in [0.15, 0.2) is 0 Å². The van der Waals surface area contributed by atoms with Gasteiger partial charge < -0.3 is 10.1 Å². The van der Waals surface area contributed by atoms with E-state index in [1.807, 2.05) is 29.2 Å². The summed E-state index contributed by atoms with van der Waals surface area (Å²) in [5.74, 6) is 1.32. The fraction of sp³-hybridized carbons (Fsp3) is 0.529. The van der Waals surface area contributed by atoms with Gasteiger partial charge in [0.1, 0.15) is 5.75 Å². The molecule has 7 nitrogen and oxygen atoms in total. The average molecular weight is 328 g/mol. The molecule has 2 aliphatic heterocycles. The molecule has 128 valence electrons. The van der Waals surface area contributed by atoms with Crippen molar-refractivity contribution in [3.63, 3.8) is 0 Å². The van der Waals surface area contributed by atoms with E-state index in [2.05, 4.69) is 39.4 Å². The maximum absolute atomic E-state index is 5.34. The average Bonchev–Trinajstić information content (AvgIpc) is 3.28. The number of fused-ring (bicyclic) bond motifs is 1. The summed E-state index contributed by atoms with van der Waals surface area (Å²) in [7, 11) is 1.69. The summed E-state index contributed by atoms with van der Waals surface area (Å²) in [5.41, 5.74) is 9.14. The van der Waals surface area contributed by atoms with Crippen molar-refractivity contribution in [2.24, 2.45) is 5.92 Å². The lowest BCUT2D eigenvalue weighted by Crippen LogP contribution is -2.46. The number of hydrazine groups is 1.